The third-order valence-corrected chi connectivity index (χ3v) is 3.21. The molecule has 0 aliphatic rings. The van der Waals surface area contributed by atoms with E-state index >= 15 is 0 Å². The van der Waals surface area contributed by atoms with Gasteiger partial charge in [-0.25, -0.2) is 0 Å². The fourth-order valence-electron chi connectivity index (χ4n) is 2.21. The summed E-state index contributed by atoms with van der Waals surface area (Å²) in [5.74, 6) is 2.41. The van der Waals surface area contributed by atoms with Crippen LogP contribution in [0.15, 0.2) is 22.6 Å². The van der Waals surface area contributed by atoms with Crippen LogP contribution in [0.25, 0.3) is 0 Å². The number of aryl methyl sites for hydroxylation is 2. The average Bonchev–Trinajstić information content (AvgIpc) is 2.84. The van der Waals surface area contributed by atoms with Gasteiger partial charge in [0.2, 0.25) is 5.75 Å². The number of nitrogens with one attached hydrogen (secondary N) is 1. The molecule has 1 heterocycles. The Balaban J connectivity index is 2.33. The van der Waals surface area contributed by atoms with E-state index in [1.807, 2.05) is 0 Å². The monoisotopic (exact) mass is 305 g/mol. The van der Waals surface area contributed by atoms with Crippen molar-refractivity contribution in [1.82, 2.24) is 0 Å². The molecule has 6 heteroatoms. The van der Waals surface area contributed by atoms with Crippen molar-refractivity contribution in [2.45, 2.75) is 13.8 Å². The predicted molar refractivity (Wildman–Crippen MR) is 82.2 cm³/mol. The number of methoxy groups -OCH3 is 3. The molecule has 0 saturated carbocycles. The van der Waals surface area contributed by atoms with Crippen LogP contribution in [0.2, 0.25) is 0 Å². The van der Waals surface area contributed by atoms with Crippen LogP contribution in [-0.2, 0) is 0 Å². The summed E-state index contributed by atoms with van der Waals surface area (Å²) in [6.45, 7) is 3.54. The Morgan fingerprint density at radius 2 is 1.59 bits per heavy atom. The topological polar surface area (TPSA) is 69.9 Å². The summed E-state index contributed by atoms with van der Waals surface area (Å²) in [6.07, 6.45) is 0. The number of amides is 1. The normalized spacial score (nSPS) is 10.2. The van der Waals surface area contributed by atoms with Gasteiger partial charge in [0.1, 0.15) is 11.5 Å². The van der Waals surface area contributed by atoms with Crippen LogP contribution in [0, 0.1) is 13.8 Å². The van der Waals surface area contributed by atoms with Gasteiger partial charge in [-0.15, -0.1) is 0 Å². The van der Waals surface area contributed by atoms with Crippen molar-refractivity contribution >= 4 is 11.6 Å². The lowest BCUT2D eigenvalue weighted by Crippen LogP contribution is -2.12. The van der Waals surface area contributed by atoms with E-state index in [2.05, 4.69) is 5.32 Å². The number of hydrogen-bond acceptors (Lipinski definition) is 5. The van der Waals surface area contributed by atoms with Crippen LogP contribution in [0.4, 0.5) is 5.69 Å². The number of rotatable bonds is 5. The predicted octanol–water partition coefficient (Wildman–Crippen LogP) is 3.17. The molecule has 22 heavy (non-hydrogen) atoms. The highest BCUT2D eigenvalue weighted by Gasteiger charge is 2.17. The Labute approximate surface area is 129 Å². The van der Waals surface area contributed by atoms with Crippen molar-refractivity contribution in [3.8, 4) is 17.2 Å². The number of hydrogen-bond donors (Lipinski definition) is 1. The van der Waals surface area contributed by atoms with E-state index in [9.17, 15) is 4.79 Å². The van der Waals surface area contributed by atoms with Crippen LogP contribution >= 0.6 is 0 Å². The minimum atomic E-state index is -0.261. The lowest BCUT2D eigenvalue weighted by molar-refractivity contribution is 0.102. The van der Waals surface area contributed by atoms with Crippen LogP contribution in [-0.4, -0.2) is 27.2 Å². The van der Waals surface area contributed by atoms with Crippen molar-refractivity contribution in [2.75, 3.05) is 26.6 Å². The largest absolute Gasteiger partial charge is 0.493 e. The van der Waals surface area contributed by atoms with Gasteiger partial charge in [0.25, 0.3) is 5.91 Å². The molecular weight excluding hydrogens is 286 g/mol. The first-order chi connectivity index (χ1) is 10.5. The minimum absolute atomic E-state index is 0.261. The van der Waals surface area contributed by atoms with Crippen molar-refractivity contribution in [2.24, 2.45) is 0 Å². The fourth-order valence-corrected chi connectivity index (χ4v) is 2.21. The van der Waals surface area contributed by atoms with E-state index in [1.165, 1.54) is 21.3 Å². The van der Waals surface area contributed by atoms with E-state index in [0.717, 1.165) is 0 Å². The molecule has 0 bridgehead atoms. The summed E-state index contributed by atoms with van der Waals surface area (Å²) in [5.41, 5.74) is 1.03. The van der Waals surface area contributed by atoms with Gasteiger partial charge in [-0.3, -0.25) is 4.79 Å². The van der Waals surface area contributed by atoms with Gasteiger partial charge in [-0.2, -0.15) is 0 Å². The second kappa shape index (κ2) is 6.43. The van der Waals surface area contributed by atoms with Gasteiger partial charge >= 0.3 is 0 Å². The molecule has 1 amide bonds. The van der Waals surface area contributed by atoms with Gasteiger partial charge in [0.15, 0.2) is 11.5 Å². The van der Waals surface area contributed by atoms with Crippen LogP contribution in [0.1, 0.15) is 21.9 Å². The lowest BCUT2D eigenvalue weighted by Gasteiger charge is -2.14. The Bertz CT molecular complexity index is 665. The Morgan fingerprint density at radius 1 is 1.00 bits per heavy atom. The van der Waals surface area contributed by atoms with Crippen LogP contribution in [0.5, 0.6) is 17.2 Å². The first-order valence-electron chi connectivity index (χ1n) is 6.68. The van der Waals surface area contributed by atoms with E-state index in [-0.39, 0.29) is 5.91 Å². The van der Waals surface area contributed by atoms with E-state index in [1.54, 1.807) is 32.0 Å². The first-order valence-corrected chi connectivity index (χ1v) is 6.68. The molecule has 0 saturated heterocycles. The number of benzene rings is 1. The molecule has 1 aromatic carbocycles. The number of carbonyl (C=O) groups excluding carboxylic acids is 1. The molecule has 118 valence electrons. The maximum Gasteiger partial charge on any atom is 0.259 e. The molecule has 0 spiro atoms. The lowest BCUT2D eigenvalue weighted by atomic mass is 10.2. The summed E-state index contributed by atoms with van der Waals surface area (Å²) < 4.78 is 21.1. The highest BCUT2D eigenvalue weighted by atomic mass is 16.5. The quantitative estimate of drug-likeness (QED) is 0.918. The fraction of sp³-hybridized carbons (Fsp3) is 0.312. The van der Waals surface area contributed by atoms with Gasteiger partial charge in [-0.05, 0) is 19.9 Å². The van der Waals surface area contributed by atoms with Gasteiger partial charge in [-0.1, -0.05) is 0 Å². The molecule has 1 N–H and O–H groups in total. The summed E-state index contributed by atoms with van der Waals surface area (Å²) in [4.78, 5) is 12.3. The van der Waals surface area contributed by atoms with Crippen molar-refractivity contribution in [1.29, 1.82) is 0 Å². The number of furan rings is 1. The van der Waals surface area contributed by atoms with E-state index in [0.29, 0.717) is 40.0 Å². The van der Waals surface area contributed by atoms with E-state index < -0.39 is 0 Å². The molecule has 0 radical (unpaired) electrons. The van der Waals surface area contributed by atoms with Crippen molar-refractivity contribution in [3.05, 3.63) is 35.3 Å². The highest BCUT2D eigenvalue weighted by molar-refractivity contribution is 6.05. The molecule has 0 unspecified atom stereocenters. The van der Waals surface area contributed by atoms with Crippen LogP contribution in [0.3, 0.4) is 0 Å². The standard InChI is InChI=1S/C16H19NO5/c1-9-6-12(10(2)22-9)16(18)17-11-7-13(19-3)15(21-5)14(8-11)20-4/h6-8H,1-5H3,(H,17,18). The molecule has 2 aromatic rings. The van der Waals surface area contributed by atoms with Crippen molar-refractivity contribution in [3.63, 3.8) is 0 Å². The average molecular weight is 305 g/mol. The Hall–Kier alpha value is -2.63. The summed E-state index contributed by atoms with van der Waals surface area (Å²) in [5, 5.41) is 2.80. The summed E-state index contributed by atoms with van der Waals surface area (Å²) >= 11 is 0. The maximum absolute atomic E-state index is 12.3. The molecular formula is C16H19NO5. The van der Waals surface area contributed by atoms with Gasteiger partial charge in [0.05, 0.1) is 26.9 Å². The van der Waals surface area contributed by atoms with Gasteiger partial charge < -0.3 is 23.9 Å². The van der Waals surface area contributed by atoms with E-state index in [4.69, 9.17) is 18.6 Å². The zero-order chi connectivity index (χ0) is 16.3. The molecule has 1 aromatic heterocycles. The first kappa shape index (κ1) is 15.8. The maximum atomic E-state index is 12.3. The number of carbonyl (C=O) groups is 1. The minimum Gasteiger partial charge on any atom is -0.493 e. The molecule has 2 rings (SSSR count). The third-order valence-electron chi connectivity index (χ3n) is 3.21. The Morgan fingerprint density at radius 3 is 2.00 bits per heavy atom. The number of ether oxygens (including phenoxy) is 3. The highest BCUT2D eigenvalue weighted by Crippen LogP contribution is 2.40. The van der Waals surface area contributed by atoms with Crippen molar-refractivity contribution < 1.29 is 23.4 Å². The zero-order valence-electron chi connectivity index (χ0n) is 13.3. The summed E-state index contributed by atoms with van der Waals surface area (Å²) in [7, 11) is 4.56. The molecule has 0 aliphatic heterocycles. The zero-order valence-corrected chi connectivity index (χ0v) is 13.3. The SMILES string of the molecule is COc1cc(NC(=O)c2cc(C)oc2C)cc(OC)c1OC. The second-order valence-corrected chi connectivity index (χ2v) is 4.70. The van der Waals surface area contributed by atoms with Gasteiger partial charge in [0, 0.05) is 17.8 Å². The molecule has 0 aliphatic carbocycles. The third kappa shape index (κ3) is 3.00. The molecule has 0 atom stereocenters. The number of anilines is 1. The summed E-state index contributed by atoms with van der Waals surface area (Å²) in [6, 6.07) is 5.03. The second-order valence-electron chi connectivity index (χ2n) is 4.70. The Kier molecular flexibility index (Phi) is 4.60. The molecule has 0 fully saturated rings. The smallest absolute Gasteiger partial charge is 0.259 e. The van der Waals surface area contributed by atoms with Crippen LogP contribution < -0.4 is 19.5 Å². The molecule has 6 nitrogen and oxygen atoms in total.